The lowest BCUT2D eigenvalue weighted by Crippen LogP contribution is -2.46. The molecule has 1 aromatic carbocycles. The summed E-state index contributed by atoms with van der Waals surface area (Å²) in [6, 6.07) is 9.57. The Balaban J connectivity index is 2.35. The summed E-state index contributed by atoms with van der Waals surface area (Å²) in [6.45, 7) is 0. The fourth-order valence-electron chi connectivity index (χ4n) is 1.40. The molecule has 0 spiro atoms. The van der Waals surface area contributed by atoms with Crippen molar-refractivity contribution in [3.05, 3.63) is 35.9 Å². The van der Waals surface area contributed by atoms with Gasteiger partial charge in [-0.2, -0.15) is 0 Å². The number of aryl methyl sites for hydroxylation is 1. The average Bonchev–Trinajstić information content (AvgIpc) is 2.26. The maximum atomic E-state index is 11.5. The van der Waals surface area contributed by atoms with Crippen molar-refractivity contribution in [3.63, 3.8) is 0 Å². The van der Waals surface area contributed by atoms with E-state index in [4.69, 9.17) is 5.73 Å². The van der Waals surface area contributed by atoms with Crippen LogP contribution in [-0.2, 0) is 11.2 Å². The number of hydrazine groups is 1. The standard InChI is InChI=1S/C12H19N3O/c1-15(2)14-12(16)11(13)9-8-10-6-4-3-5-7-10/h3-7,11H,8-9,13H2,1-2H3,(H,14,16)/t11-/m1/s1. The molecule has 0 aliphatic heterocycles. The molecule has 0 fully saturated rings. The van der Waals surface area contributed by atoms with Crippen LogP contribution in [0.2, 0.25) is 0 Å². The van der Waals surface area contributed by atoms with Crippen LogP contribution < -0.4 is 11.2 Å². The first-order valence-electron chi connectivity index (χ1n) is 5.37. The largest absolute Gasteiger partial charge is 0.320 e. The Morgan fingerprint density at radius 1 is 1.38 bits per heavy atom. The Labute approximate surface area is 96.4 Å². The van der Waals surface area contributed by atoms with E-state index in [-0.39, 0.29) is 5.91 Å². The molecule has 1 amide bonds. The molecule has 0 radical (unpaired) electrons. The molecule has 0 bridgehead atoms. The first-order valence-corrected chi connectivity index (χ1v) is 5.37. The second kappa shape index (κ2) is 6.25. The second-order valence-electron chi connectivity index (χ2n) is 4.00. The quantitative estimate of drug-likeness (QED) is 0.713. The number of nitrogens with two attached hydrogens (primary N) is 1. The number of hydrogen-bond donors (Lipinski definition) is 2. The van der Waals surface area contributed by atoms with Gasteiger partial charge in [0, 0.05) is 14.1 Å². The van der Waals surface area contributed by atoms with E-state index in [1.807, 2.05) is 30.3 Å². The molecule has 4 heteroatoms. The van der Waals surface area contributed by atoms with Gasteiger partial charge < -0.3 is 5.73 Å². The zero-order valence-corrected chi connectivity index (χ0v) is 9.81. The van der Waals surface area contributed by atoms with Gasteiger partial charge in [-0.15, -0.1) is 0 Å². The highest BCUT2D eigenvalue weighted by molar-refractivity contribution is 5.80. The average molecular weight is 221 g/mol. The van der Waals surface area contributed by atoms with Crippen molar-refractivity contribution >= 4 is 5.91 Å². The molecule has 0 saturated heterocycles. The van der Waals surface area contributed by atoms with Crippen molar-refractivity contribution in [2.45, 2.75) is 18.9 Å². The van der Waals surface area contributed by atoms with E-state index in [1.165, 1.54) is 5.56 Å². The van der Waals surface area contributed by atoms with Gasteiger partial charge in [-0.05, 0) is 18.4 Å². The molecule has 1 atom stereocenters. The predicted molar refractivity (Wildman–Crippen MR) is 64.6 cm³/mol. The molecule has 0 unspecified atom stereocenters. The third-order valence-corrected chi connectivity index (χ3v) is 2.26. The van der Waals surface area contributed by atoms with E-state index < -0.39 is 6.04 Å². The number of nitrogens with zero attached hydrogens (tertiary/aromatic N) is 1. The van der Waals surface area contributed by atoms with Gasteiger partial charge in [0.2, 0.25) is 0 Å². The SMILES string of the molecule is CN(C)NC(=O)[C@H](N)CCc1ccccc1. The van der Waals surface area contributed by atoms with Crippen LogP contribution in [0.15, 0.2) is 30.3 Å². The Hall–Kier alpha value is -1.39. The zero-order chi connectivity index (χ0) is 12.0. The van der Waals surface area contributed by atoms with Gasteiger partial charge >= 0.3 is 0 Å². The Bertz CT molecular complexity index is 324. The molecule has 1 aromatic rings. The highest BCUT2D eigenvalue weighted by Gasteiger charge is 2.13. The molecular formula is C12H19N3O. The number of rotatable bonds is 5. The lowest BCUT2D eigenvalue weighted by Gasteiger charge is -2.16. The predicted octanol–water partition coefficient (Wildman–Crippen LogP) is 0.539. The molecule has 3 N–H and O–H groups in total. The van der Waals surface area contributed by atoms with Crippen LogP contribution in [-0.4, -0.2) is 31.1 Å². The molecule has 0 heterocycles. The van der Waals surface area contributed by atoms with E-state index in [0.29, 0.717) is 6.42 Å². The molecule has 1 rings (SSSR count). The lowest BCUT2D eigenvalue weighted by molar-refractivity contribution is -0.126. The minimum Gasteiger partial charge on any atom is -0.320 e. The second-order valence-corrected chi connectivity index (χ2v) is 4.00. The van der Waals surface area contributed by atoms with E-state index in [1.54, 1.807) is 19.1 Å². The summed E-state index contributed by atoms with van der Waals surface area (Å²) in [6.07, 6.45) is 1.48. The van der Waals surface area contributed by atoms with Crippen molar-refractivity contribution in [3.8, 4) is 0 Å². The summed E-state index contributed by atoms with van der Waals surface area (Å²) < 4.78 is 0. The van der Waals surface area contributed by atoms with Gasteiger partial charge in [-0.1, -0.05) is 30.3 Å². The van der Waals surface area contributed by atoms with Crippen LogP contribution in [0.25, 0.3) is 0 Å². The maximum Gasteiger partial charge on any atom is 0.251 e. The minimum atomic E-state index is -0.456. The molecule has 0 aliphatic carbocycles. The zero-order valence-electron chi connectivity index (χ0n) is 9.81. The highest BCUT2D eigenvalue weighted by atomic mass is 16.2. The molecular weight excluding hydrogens is 202 g/mol. The van der Waals surface area contributed by atoms with Gasteiger partial charge in [-0.3, -0.25) is 10.2 Å². The van der Waals surface area contributed by atoms with Gasteiger partial charge in [0.25, 0.3) is 5.91 Å². The first kappa shape index (κ1) is 12.7. The van der Waals surface area contributed by atoms with Crippen LogP contribution in [0.4, 0.5) is 0 Å². The molecule has 0 aliphatic rings. The number of nitrogens with one attached hydrogen (secondary N) is 1. The van der Waals surface area contributed by atoms with E-state index >= 15 is 0 Å². The van der Waals surface area contributed by atoms with Crippen molar-refractivity contribution in [1.29, 1.82) is 0 Å². The summed E-state index contributed by atoms with van der Waals surface area (Å²) >= 11 is 0. The molecule has 88 valence electrons. The topological polar surface area (TPSA) is 58.4 Å². The molecule has 0 aromatic heterocycles. The summed E-state index contributed by atoms with van der Waals surface area (Å²) in [5, 5.41) is 1.60. The number of carbonyl (C=O) groups is 1. The molecule has 0 saturated carbocycles. The summed E-state index contributed by atoms with van der Waals surface area (Å²) in [5.41, 5.74) is 9.63. The summed E-state index contributed by atoms with van der Waals surface area (Å²) in [5.74, 6) is -0.138. The van der Waals surface area contributed by atoms with Crippen LogP contribution in [0.5, 0.6) is 0 Å². The summed E-state index contributed by atoms with van der Waals surface area (Å²) in [7, 11) is 3.53. The highest BCUT2D eigenvalue weighted by Crippen LogP contribution is 2.03. The Kier molecular flexibility index (Phi) is 4.95. The van der Waals surface area contributed by atoms with Crippen LogP contribution in [0.3, 0.4) is 0 Å². The van der Waals surface area contributed by atoms with Gasteiger partial charge in [0.05, 0.1) is 6.04 Å². The van der Waals surface area contributed by atoms with Crippen molar-refractivity contribution in [2.75, 3.05) is 14.1 Å². The van der Waals surface area contributed by atoms with Gasteiger partial charge in [0.1, 0.15) is 0 Å². The number of carbonyl (C=O) groups excluding carboxylic acids is 1. The van der Waals surface area contributed by atoms with E-state index in [9.17, 15) is 4.79 Å². The van der Waals surface area contributed by atoms with E-state index in [2.05, 4.69) is 5.43 Å². The number of hydrogen-bond acceptors (Lipinski definition) is 3. The van der Waals surface area contributed by atoms with Gasteiger partial charge in [-0.25, -0.2) is 5.01 Å². The van der Waals surface area contributed by atoms with Crippen molar-refractivity contribution in [2.24, 2.45) is 5.73 Å². The van der Waals surface area contributed by atoms with E-state index in [0.717, 1.165) is 6.42 Å². The van der Waals surface area contributed by atoms with Crippen LogP contribution in [0, 0.1) is 0 Å². The van der Waals surface area contributed by atoms with Gasteiger partial charge in [0.15, 0.2) is 0 Å². The van der Waals surface area contributed by atoms with Crippen LogP contribution >= 0.6 is 0 Å². The van der Waals surface area contributed by atoms with Crippen molar-refractivity contribution < 1.29 is 4.79 Å². The molecule has 16 heavy (non-hydrogen) atoms. The first-order chi connectivity index (χ1) is 7.59. The maximum absolute atomic E-state index is 11.5. The monoisotopic (exact) mass is 221 g/mol. The third kappa shape index (κ3) is 4.42. The third-order valence-electron chi connectivity index (χ3n) is 2.26. The smallest absolute Gasteiger partial charge is 0.251 e. The Morgan fingerprint density at radius 2 is 2.00 bits per heavy atom. The summed E-state index contributed by atoms with van der Waals surface area (Å²) in [4.78, 5) is 11.5. The van der Waals surface area contributed by atoms with Crippen LogP contribution in [0.1, 0.15) is 12.0 Å². The fraction of sp³-hybridized carbons (Fsp3) is 0.417. The number of benzene rings is 1. The molecule has 4 nitrogen and oxygen atoms in total. The lowest BCUT2D eigenvalue weighted by atomic mass is 10.1. The minimum absolute atomic E-state index is 0.138. The normalized spacial score (nSPS) is 12.5. The van der Waals surface area contributed by atoms with Crippen molar-refractivity contribution in [1.82, 2.24) is 10.4 Å². The Morgan fingerprint density at radius 3 is 2.56 bits per heavy atom. The fourth-order valence-corrected chi connectivity index (χ4v) is 1.40. The number of amides is 1.